The molecular formula is C14H28N2. The summed E-state index contributed by atoms with van der Waals surface area (Å²) in [5.74, 6) is 9.53. The van der Waals surface area contributed by atoms with Gasteiger partial charge in [0.25, 0.3) is 0 Å². The van der Waals surface area contributed by atoms with Gasteiger partial charge in [0.2, 0.25) is 0 Å². The van der Waals surface area contributed by atoms with Crippen molar-refractivity contribution < 1.29 is 0 Å². The predicted octanol–water partition coefficient (Wildman–Crippen LogP) is 3.08. The molecular weight excluding hydrogens is 196 g/mol. The number of rotatable bonds is 6. The monoisotopic (exact) mass is 224 g/mol. The molecule has 94 valence electrons. The summed E-state index contributed by atoms with van der Waals surface area (Å²) >= 11 is 0. The Labute approximate surface area is 100 Å². The summed E-state index contributed by atoms with van der Waals surface area (Å²) in [7, 11) is 0. The second kappa shape index (κ2) is 5.50. The molecule has 0 saturated heterocycles. The lowest BCUT2D eigenvalue weighted by Gasteiger charge is -2.20. The largest absolute Gasteiger partial charge is 0.271 e. The molecule has 2 aliphatic rings. The Hall–Kier alpha value is -0.0800. The number of hydrazine groups is 1. The van der Waals surface area contributed by atoms with Crippen molar-refractivity contribution in [2.24, 2.45) is 29.5 Å². The highest BCUT2D eigenvalue weighted by Gasteiger charge is 2.53. The minimum Gasteiger partial charge on any atom is -0.271 e. The van der Waals surface area contributed by atoms with Gasteiger partial charge in [0.1, 0.15) is 0 Å². The molecule has 2 fully saturated rings. The average molecular weight is 224 g/mol. The van der Waals surface area contributed by atoms with Crippen molar-refractivity contribution in [1.29, 1.82) is 0 Å². The van der Waals surface area contributed by atoms with E-state index in [0.29, 0.717) is 6.04 Å². The van der Waals surface area contributed by atoms with Gasteiger partial charge < -0.3 is 0 Å². The lowest BCUT2D eigenvalue weighted by molar-refractivity contribution is 0.342. The molecule has 0 aromatic carbocycles. The summed E-state index contributed by atoms with van der Waals surface area (Å²) in [5.41, 5.74) is 3.11. The summed E-state index contributed by atoms with van der Waals surface area (Å²) in [6.45, 7) is 4.65. The molecule has 2 nitrogen and oxygen atoms in total. The number of nitrogens with two attached hydrogens (primary N) is 1. The number of hydrogen-bond donors (Lipinski definition) is 2. The molecule has 4 atom stereocenters. The van der Waals surface area contributed by atoms with E-state index in [1.165, 1.54) is 44.9 Å². The Kier molecular flexibility index (Phi) is 4.26. The van der Waals surface area contributed by atoms with Gasteiger partial charge in [0, 0.05) is 6.04 Å². The summed E-state index contributed by atoms with van der Waals surface area (Å²) in [6.07, 6.45) is 9.78. The van der Waals surface area contributed by atoms with E-state index in [2.05, 4.69) is 19.3 Å². The van der Waals surface area contributed by atoms with Crippen molar-refractivity contribution >= 4 is 0 Å². The Morgan fingerprint density at radius 1 is 1.25 bits per heavy atom. The second-order valence-electron chi connectivity index (χ2n) is 6.09. The number of nitrogens with one attached hydrogen (secondary N) is 1. The zero-order chi connectivity index (χ0) is 11.5. The van der Waals surface area contributed by atoms with Gasteiger partial charge in [-0.2, -0.15) is 0 Å². The Balaban J connectivity index is 1.81. The molecule has 3 N–H and O–H groups in total. The van der Waals surface area contributed by atoms with Crippen LogP contribution in [-0.2, 0) is 0 Å². The minimum absolute atomic E-state index is 0.592. The molecule has 2 heteroatoms. The fourth-order valence-corrected chi connectivity index (χ4v) is 4.02. The van der Waals surface area contributed by atoms with Crippen LogP contribution in [0.25, 0.3) is 0 Å². The SMILES string of the molecule is CCCC(C)CC(NN)C1C2CCCCC21. The molecule has 2 saturated carbocycles. The van der Waals surface area contributed by atoms with Gasteiger partial charge in [0.05, 0.1) is 0 Å². The summed E-state index contributed by atoms with van der Waals surface area (Å²) in [4.78, 5) is 0. The standard InChI is InChI=1S/C14H28N2/c1-3-6-10(2)9-13(16-15)14-11-7-4-5-8-12(11)14/h10-14,16H,3-9,15H2,1-2H3. The smallest absolute Gasteiger partial charge is 0.0246 e. The van der Waals surface area contributed by atoms with Crippen LogP contribution in [0.1, 0.15) is 58.8 Å². The van der Waals surface area contributed by atoms with Crippen molar-refractivity contribution in [3.8, 4) is 0 Å². The van der Waals surface area contributed by atoms with Crippen molar-refractivity contribution in [2.45, 2.75) is 64.8 Å². The molecule has 16 heavy (non-hydrogen) atoms. The molecule has 4 unspecified atom stereocenters. The van der Waals surface area contributed by atoms with Crippen LogP contribution in [0.5, 0.6) is 0 Å². The van der Waals surface area contributed by atoms with Crippen molar-refractivity contribution in [3.63, 3.8) is 0 Å². The first kappa shape index (κ1) is 12.4. The molecule has 0 bridgehead atoms. The Morgan fingerprint density at radius 2 is 1.88 bits per heavy atom. The molecule has 0 heterocycles. The van der Waals surface area contributed by atoms with Crippen LogP contribution in [-0.4, -0.2) is 6.04 Å². The molecule has 2 aliphatic carbocycles. The normalized spacial score (nSPS) is 36.6. The van der Waals surface area contributed by atoms with E-state index in [1.807, 2.05) is 0 Å². The molecule has 2 rings (SSSR count). The third kappa shape index (κ3) is 2.60. The predicted molar refractivity (Wildman–Crippen MR) is 68.7 cm³/mol. The van der Waals surface area contributed by atoms with E-state index >= 15 is 0 Å². The summed E-state index contributed by atoms with van der Waals surface area (Å²) in [6, 6.07) is 0.592. The van der Waals surface area contributed by atoms with E-state index in [4.69, 9.17) is 5.84 Å². The lowest BCUT2D eigenvalue weighted by Crippen LogP contribution is -2.38. The van der Waals surface area contributed by atoms with Crippen molar-refractivity contribution in [2.75, 3.05) is 0 Å². The third-order valence-electron chi connectivity index (χ3n) is 4.84. The Bertz CT molecular complexity index is 205. The zero-order valence-electron chi connectivity index (χ0n) is 10.9. The lowest BCUT2D eigenvalue weighted by atomic mass is 9.94. The van der Waals surface area contributed by atoms with Crippen molar-refractivity contribution in [3.05, 3.63) is 0 Å². The van der Waals surface area contributed by atoms with Gasteiger partial charge in [-0.3, -0.25) is 11.3 Å². The fraction of sp³-hybridized carbons (Fsp3) is 1.00. The van der Waals surface area contributed by atoms with E-state index in [0.717, 1.165) is 23.7 Å². The molecule has 0 amide bonds. The second-order valence-corrected chi connectivity index (χ2v) is 6.09. The maximum atomic E-state index is 5.76. The molecule has 0 radical (unpaired) electrons. The maximum Gasteiger partial charge on any atom is 0.0246 e. The van der Waals surface area contributed by atoms with Crippen LogP contribution in [0, 0.1) is 23.7 Å². The van der Waals surface area contributed by atoms with Gasteiger partial charge in [-0.05, 0) is 42.9 Å². The topological polar surface area (TPSA) is 38.0 Å². The van der Waals surface area contributed by atoms with Crippen LogP contribution in [0.4, 0.5) is 0 Å². The highest BCUT2D eigenvalue weighted by Crippen LogP contribution is 2.57. The molecule has 0 spiro atoms. The van der Waals surface area contributed by atoms with E-state index in [1.54, 1.807) is 0 Å². The quantitative estimate of drug-likeness (QED) is 0.537. The van der Waals surface area contributed by atoms with Gasteiger partial charge in [0.15, 0.2) is 0 Å². The third-order valence-corrected chi connectivity index (χ3v) is 4.84. The molecule has 0 aliphatic heterocycles. The minimum atomic E-state index is 0.592. The summed E-state index contributed by atoms with van der Waals surface area (Å²) in [5, 5.41) is 0. The number of fused-ring (bicyclic) bond motifs is 1. The van der Waals surface area contributed by atoms with E-state index < -0.39 is 0 Å². The van der Waals surface area contributed by atoms with Crippen LogP contribution < -0.4 is 11.3 Å². The van der Waals surface area contributed by atoms with Gasteiger partial charge in [-0.1, -0.05) is 39.5 Å². The van der Waals surface area contributed by atoms with Crippen LogP contribution in [0.3, 0.4) is 0 Å². The first-order valence-electron chi connectivity index (χ1n) is 7.24. The van der Waals surface area contributed by atoms with Gasteiger partial charge in [-0.15, -0.1) is 0 Å². The fourth-order valence-electron chi connectivity index (χ4n) is 4.02. The highest BCUT2D eigenvalue weighted by molar-refractivity contribution is 5.04. The van der Waals surface area contributed by atoms with Gasteiger partial charge in [-0.25, -0.2) is 0 Å². The van der Waals surface area contributed by atoms with E-state index in [9.17, 15) is 0 Å². The van der Waals surface area contributed by atoms with Crippen LogP contribution in [0.15, 0.2) is 0 Å². The highest BCUT2D eigenvalue weighted by atomic mass is 15.2. The van der Waals surface area contributed by atoms with Gasteiger partial charge >= 0.3 is 0 Å². The maximum absolute atomic E-state index is 5.76. The zero-order valence-corrected chi connectivity index (χ0v) is 10.9. The van der Waals surface area contributed by atoms with Crippen LogP contribution in [0.2, 0.25) is 0 Å². The molecule has 0 aromatic heterocycles. The average Bonchev–Trinajstić information content (AvgIpc) is 3.00. The first-order chi connectivity index (χ1) is 7.77. The Morgan fingerprint density at radius 3 is 2.38 bits per heavy atom. The van der Waals surface area contributed by atoms with E-state index in [-0.39, 0.29) is 0 Å². The first-order valence-corrected chi connectivity index (χ1v) is 7.24. The summed E-state index contributed by atoms with van der Waals surface area (Å²) < 4.78 is 0. The van der Waals surface area contributed by atoms with Crippen molar-refractivity contribution in [1.82, 2.24) is 5.43 Å². The number of hydrogen-bond acceptors (Lipinski definition) is 2. The molecule has 0 aromatic rings. The van der Waals surface area contributed by atoms with Crippen LogP contribution >= 0.6 is 0 Å².